The van der Waals surface area contributed by atoms with Crippen molar-refractivity contribution in [3.8, 4) is 5.75 Å². The summed E-state index contributed by atoms with van der Waals surface area (Å²) in [5.74, 6) is -0.811. The molecule has 0 spiro atoms. The fourth-order valence-electron chi connectivity index (χ4n) is 3.25. The smallest absolute Gasteiger partial charge is 0.326 e. The zero-order valence-corrected chi connectivity index (χ0v) is 15.6. The lowest BCUT2D eigenvalue weighted by molar-refractivity contribution is -0.141. The first-order chi connectivity index (χ1) is 13.8. The molecule has 10 nitrogen and oxygen atoms in total. The number of nitrogens with zero attached hydrogens (tertiary/aromatic N) is 2. The Morgan fingerprint density at radius 3 is 2.76 bits per heavy atom. The second-order valence-corrected chi connectivity index (χ2v) is 6.54. The average Bonchev–Trinajstić information content (AvgIpc) is 3.23. The van der Waals surface area contributed by atoms with Crippen LogP contribution in [0.3, 0.4) is 0 Å². The van der Waals surface area contributed by atoms with E-state index in [2.05, 4.69) is 5.32 Å². The fourth-order valence-corrected chi connectivity index (χ4v) is 3.25. The molecule has 3 rings (SSSR count). The molecule has 1 aromatic heterocycles. The third-order valence-corrected chi connectivity index (χ3v) is 4.61. The van der Waals surface area contributed by atoms with Gasteiger partial charge in [-0.25, -0.2) is 18.8 Å². The molecule has 1 aliphatic heterocycles. The number of hydrogen-bond acceptors (Lipinski definition) is 5. The Labute approximate surface area is 164 Å². The van der Waals surface area contributed by atoms with Crippen LogP contribution >= 0.6 is 0 Å². The van der Waals surface area contributed by atoms with Gasteiger partial charge in [0.25, 0.3) is 0 Å². The van der Waals surface area contributed by atoms with Crippen LogP contribution in [0.15, 0.2) is 24.4 Å². The molecule has 1 fully saturated rings. The maximum Gasteiger partial charge on any atom is 0.326 e. The Balaban J connectivity index is 1.90. The molecule has 29 heavy (non-hydrogen) atoms. The average molecular weight is 408 g/mol. The summed E-state index contributed by atoms with van der Waals surface area (Å²) in [6, 6.07) is 2.03. The summed E-state index contributed by atoms with van der Waals surface area (Å²) in [4.78, 5) is 36.6. The number of ether oxygens (including phenoxy) is 2. The van der Waals surface area contributed by atoms with E-state index < -0.39 is 30.2 Å². The lowest BCUT2D eigenvalue weighted by Crippen LogP contribution is -2.42. The number of aromatic nitrogens is 1. The summed E-state index contributed by atoms with van der Waals surface area (Å²) in [5.41, 5.74) is 6.03. The molecule has 4 N–H and O–H groups in total. The van der Waals surface area contributed by atoms with E-state index in [1.807, 2.05) is 0 Å². The van der Waals surface area contributed by atoms with Crippen LogP contribution in [0.4, 0.5) is 19.7 Å². The highest BCUT2D eigenvalue weighted by Gasteiger charge is 2.40. The first-order valence-electron chi connectivity index (χ1n) is 8.83. The number of hydrogen-bond donors (Lipinski definition) is 3. The number of likely N-dealkylation sites (tertiary alicyclic amines) is 1. The predicted octanol–water partition coefficient (Wildman–Crippen LogP) is 1.62. The van der Waals surface area contributed by atoms with E-state index in [0.717, 1.165) is 9.47 Å². The molecule has 1 aromatic carbocycles. The van der Waals surface area contributed by atoms with Crippen LogP contribution in [0.5, 0.6) is 5.75 Å². The SMILES string of the molecule is COCCOc1ccc2c(c1)c(NC(=O)N1C[C@H](F)C[C@H]1C(=O)O)cn2C(N)=O. The number of carboxylic acids is 1. The number of rotatable bonds is 6. The highest BCUT2D eigenvalue weighted by molar-refractivity contribution is 6.05. The number of carbonyl (C=O) groups is 3. The highest BCUT2D eigenvalue weighted by atomic mass is 19.1. The molecule has 3 amide bonds. The van der Waals surface area contributed by atoms with Crippen LogP contribution in [-0.2, 0) is 9.53 Å². The van der Waals surface area contributed by atoms with E-state index in [0.29, 0.717) is 29.9 Å². The lowest BCUT2D eigenvalue weighted by Gasteiger charge is -2.21. The number of anilines is 1. The van der Waals surface area contributed by atoms with Crippen molar-refractivity contribution >= 4 is 34.6 Å². The molecule has 11 heteroatoms. The summed E-state index contributed by atoms with van der Waals surface area (Å²) >= 11 is 0. The number of halogens is 1. The van der Waals surface area contributed by atoms with Gasteiger partial charge in [0.1, 0.15) is 24.6 Å². The zero-order chi connectivity index (χ0) is 21.1. The third-order valence-electron chi connectivity index (χ3n) is 4.61. The van der Waals surface area contributed by atoms with Crippen LogP contribution in [0, 0.1) is 0 Å². The van der Waals surface area contributed by atoms with Gasteiger partial charge >= 0.3 is 18.0 Å². The number of carbonyl (C=O) groups excluding carboxylic acids is 2. The van der Waals surface area contributed by atoms with Crippen molar-refractivity contribution in [1.29, 1.82) is 0 Å². The largest absolute Gasteiger partial charge is 0.491 e. The Hall–Kier alpha value is -3.34. The van der Waals surface area contributed by atoms with Crippen molar-refractivity contribution in [1.82, 2.24) is 9.47 Å². The van der Waals surface area contributed by atoms with Crippen LogP contribution in [0.1, 0.15) is 6.42 Å². The number of nitrogens with two attached hydrogens (primary N) is 1. The molecule has 0 unspecified atom stereocenters. The number of carboxylic acid groups (broad SMARTS) is 1. The van der Waals surface area contributed by atoms with Gasteiger partial charge in [-0.2, -0.15) is 0 Å². The normalized spacial score (nSPS) is 18.8. The molecule has 0 radical (unpaired) electrons. The second-order valence-electron chi connectivity index (χ2n) is 6.54. The molecule has 2 atom stereocenters. The van der Waals surface area contributed by atoms with E-state index in [4.69, 9.17) is 15.2 Å². The number of amides is 3. The molecule has 156 valence electrons. The van der Waals surface area contributed by atoms with Crippen LogP contribution in [0.25, 0.3) is 10.9 Å². The van der Waals surface area contributed by atoms with Crippen LogP contribution < -0.4 is 15.8 Å². The number of alkyl halides is 1. The van der Waals surface area contributed by atoms with Crippen molar-refractivity contribution in [2.24, 2.45) is 5.73 Å². The second kappa shape index (κ2) is 8.35. The summed E-state index contributed by atoms with van der Waals surface area (Å²) in [7, 11) is 1.54. The molecule has 1 saturated heterocycles. The van der Waals surface area contributed by atoms with Gasteiger partial charge in [-0.1, -0.05) is 0 Å². The predicted molar refractivity (Wildman–Crippen MR) is 101 cm³/mol. The zero-order valence-electron chi connectivity index (χ0n) is 15.6. The number of aliphatic carboxylic acids is 1. The van der Waals surface area contributed by atoms with Crippen molar-refractivity contribution in [3.63, 3.8) is 0 Å². The van der Waals surface area contributed by atoms with E-state index in [-0.39, 0.29) is 18.7 Å². The van der Waals surface area contributed by atoms with Crippen molar-refractivity contribution in [2.75, 3.05) is 32.2 Å². The summed E-state index contributed by atoms with van der Waals surface area (Å²) in [5, 5.41) is 12.2. The molecule has 0 aliphatic carbocycles. The Kier molecular flexibility index (Phi) is 5.87. The number of methoxy groups -OCH3 is 1. The first kappa shape index (κ1) is 20.4. The van der Waals surface area contributed by atoms with Gasteiger partial charge in [0, 0.05) is 25.1 Å². The summed E-state index contributed by atoms with van der Waals surface area (Å²) in [6.07, 6.45) is -0.374. The van der Waals surface area contributed by atoms with Gasteiger partial charge in [-0.05, 0) is 18.2 Å². The monoisotopic (exact) mass is 408 g/mol. The molecular formula is C18H21FN4O6. The Bertz CT molecular complexity index is 946. The van der Waals surface area contributed by atoms with Gasteiger partial charge in [0.15, 0.2) is 0 Å². The molecule has 2 aromatic rings. The Morgan fingerprint density at radius 1 is 1.34 bits per heavy atom. The van der Waals surface area contributed by atoms with Crippen LogP contribution in [0.2, 0.25) is 0 Å². The standard InChI is InChI=1S/C18H21FN4O6/c1-28-4-5-29-11-2-3-14-12(7-11)13(9-22(14)17(20)26)21-18(27)23-8-10(19)6-15(23)16(24)25/h2-3,7,9-10,15H,4-6,8H2,1H3,(H2,20,26)(H,21,27)(H,24,25)/t10-,15+/m1/s1. The number of fused-ring (bicyclic) bond motifs is 1. The minimum absolute atomic E-state index is 0.215. The highest BCUT2D eigenvalue weighted by Crippen LogP contribution is 2.31. The van der Waals surface area contributed by atoms with Gasteiger partial charge < -0.3 is 30.5 Å². The Morgan fingerprint density at radius 2 is 2.10 bits per heavy atom. The van der Waals surface area contributed by atoms with E-state index >= 15 is 0 Å². The minimum Gasteiger partial charge on any atom is -0.491 e. The molecule has 2 heterocycles. The van der Waals surface area contributed by atoms with Crippen LogP contribution in [-0.4, -0.2) is 71.7 Å². The lowest BCUT2D eigenvalue weighted by atomic mass is 10.2. The molecule has 1 aliphatic rings. The summed E-state index contributed by atoms with van der Waals surface area (Å²) < 4.78 is 25.3. The van der Waals surface area contributed by atoms with E-state index in [1.165, 1.54) is 13.3 Å². The number of benzene rings is 1. The molecule has 0 bridgehead atoms. The van der Waals surface area contributed by atoms with Crippen molar-refractivity contribution < 1.29 is 33.4 Å². The minimum atomic E-state index is -1.42. The van der Waals surface area contributed by atoms with Gasteiger partial charge in [0.05, 0.1) is 24.4 Å². The maximum atomic E-state index is 13.7. The van der Waals surface area contributed by atoms with Gasteiger partial charge in [-0.3, -0.25) is 4.57 Å². The number of urea groups is 1. The van der Waals surface area contributed by atoms with Gasteiger partial charge in [0.2, 0.25) is 0 Å². The first-order valence-corrected chi connectivity index (χ1v) is 8.83. The fraction of sp³-hybridized carbons (Fsp3) is 0.389. The summed E-state index contributed by atoms with van der Waals surface area (Å²) in [6.45, 7) is 0.342. The number of primary amides is 1. The maximum absolute atomic E-state index is 13.7. The topological polar surface area (TPSA) is 136 Å². The van der Waals surface area contributed by atoms with Crippen molar-refractivity contribution in [3.05, 3.63) is 24.4 Å². The number of nitrogens with one attached hydrogen (secondary N) is 1. The molecular weight excluding hydrogens is 387 g/mol. The molecule has 0 saturated carbocycles. The third kappa shape index (κ3) is 4.24. The van der Waals surface area contributed by atoms with Gasteiger partial charge in [-0.15, -0.1) is 0 Å². The van der Waals surface area contributed by atoms with Crippen molar-refractivity contribution in [2.45, 2.75) is 18.6 Å². The quantitative estimate of drug-likeness (QED) is 0.622. The van der Waals surface area contributed by atoms with E-state index in [9.17, 15) is 23.9 Å². The van der Waals surface area contributed by atoms with E-state index in [1.54, 1.807) is 18.2 Å².